The van der Waals surface area contributed by atoms with Gasteiger partial charge in [-0.15, -0.1) is 0 Å². The minimum Gasteiger partial charge on any atom is -0.445 e. The van der Waals surface area contributed by atoms with Crippen molar-refractivity contribution in [2.75, 3.05) is 18.0 Å². The van der Waals surface area contributed by atoms with Gasteiger partial charge in [-0.3, -0.25) is 0 Å². The molecular weight excluding hydrogens is 393 g/mol. The smallest absolute Gasteiger partial charge is 0.407 e. The van der Waals surface area contributed by atoms with E-state index in [-0.39, 0.29) is 18.5 Å². The Kier molecular flexibility index (Phi) is 5.94. The lowest BCUT2D eigenvalue weighted by Crippen LogP contribution is -2.48. The van der Waals surface area contributed by atoms with Crippen LogP contribution in [0, 0.1) is 17.1 Å². The fourth-order valence-corrected chi connectivity index (χ4v) is 4.52. The summed E-state index contributed by atoms with van der Waals surface area (Å²) in [4.78, 5) is 14.3. The van der Waals surface area contributed by atoms with Crippen LogP contribution in [0.4, 0.5) is 14.9 Å². The van der Waals surface area contributed by atoms with E-state index in [0.29, 0.717) is 30.8 Å². The molecule has 0 unspecified atom stereocenters. The van der Waals surface area contributed by atoms with Crippen LogP contribution in [0.3, 0.4) is 0 Å². The van der Waals surface area contributed by atoms with Gasteiger partial charge in [-0.05, 0) is 55.9 Å². The van der Waals surface area contributed by atoms with Crippen molar-refractivity contribution < 1.29 is 13.9 Å². The maximum atomic E-state index is 15.1. The van der Waals surface area contributed by atoms with E-state index in [2.05, 4.69) is 11.4 Å². The zero-order valence-electron chi connectivity index (χ0n) is 17.9. The molecule has 1 heterocycles. The van der Waals surface area contributed by atoms with Crippen molar-refractivity contribution >= 4 is 17.4 Å². The molecule has 0 aromatic heterocycles. The molecule has 1 amide bonds. The lowest BCUT2D eigenvalue weighted by molar-refractivity contribution is 0.134. The Hall–Kier alpha value is -3.33. The van der Waals surface area contributed by atoms with E-state index in [0.717, 1.165) is 40.7 Å². The van der Waals surface area contributed by atoms with Gasteiger partial charge in [0, 0.05) is 24.7 Å². The lowest BCUT2D eigenvalue weighted by Gasteiger charge is -2.36. The highest BCUT2D eigenvalue weighted by Crippen LogP contribution is 2.42. The number of nitrogens with zero attached hydrogens (tertiary/aromatic N) is 2. The second-order valence-electron chi connectivity index (χ2n) is 8.29. The van der Waals surface area contributed by atoms with Crippen molar-refractivity contribution in [1.82, 2.24) is 5.32 Å². The van der Waals surface area contributed by atoms with E-state index in [9.17, 15) is 10.1 Å². The molecule has 0 saturated carbocycles. The Morgan fingerprint density at radius 3 is 2.84 bits per heavy atom. The largest absolute Gasteiger partial charge is 0.445 e. The first-order valence-corrected chi connectivity index (χ1v) is 10.6. The molecule has 1 saturated heterocycles. The standard InChI is InChI=1S/C25H26FN3O2/c1-16-11-21-19(13-27)12-22(26)24(23(21)17(16)2)29-10-6-9-20(14-29)28-25(30)31-15-18-7-4-3-5-8-18/h3-5,7-8,12,20H,6,9-11,14-15H2,1-2H3,(H,28,30)/t20-/m0/s1. The number of allylic oxidation sites excluding steroid dienone is 2. The van der Waals surface area contributed by atoms with E-state index in [1.54, 1.807) is 0 Å². The molecule has 0 radical (unpaired) electrons. The monoisotopic (exact) mass is 419 g/mol. The summed E-state index contributed by atoms with van der Waals surface area (Å²) < 4.78 is 20.5. The van der Waals surface area contributed by atoms with Crippen molar-refractivity contribution in [2.45, 2.75) is 45.8 Å². The van der Waals surface area contributed by atoms with Crippen molar-refractivity contribution in [1.29, 1.82) is 5.26 Å². The van der Waals surface area contributed by atoms with Crippen LogP contribution in [0.15, 0.2) is 42.0 Å². The molecule has 31 heavy (non-hydrogen) atoms. The number of benzene rings is 2. The molecule has 2 aromatic carbocycles. The van der Waals surface area contributed by atoms with Crippen LogP contribution in [-0.2, 0) is 17.8 Å². The molecular formula is C25H26FN3O2. The average molecular weight is 420 g/mol. The van der Waals surface area contributed by atoms with Crippen LogP contribution in [0.25, 0.3) is 5.57 Å². The summed E-state index contributed by atoms with van der Waals surface area (Å²) in [7, 11) is 0. The SMILES string of the molecule is CC1=C(C)c2c(c(C#N)cc(F)c2N2CCC[C@H](NC(=O)OCc3ccccc3)C2)C1. The van der Waals surface area contributed by atoms with Gasteiger partial charge in [-0.1, -0.05) is 35.9 Å². The van der Waals surface area contributed by atoms with Gasteiger partial charge < -0.3 is 15.0 Å². The summed E-state index contributed by atoms with van der Waals surface area (Å²) in [6.45, 7) is 5.44. The highest BCUT2D eigenvalue weighted by atomic mass is 19.1. The lowest BCUT2D eigenvalue weighted by atomic mass is 9.96. The van der Waals surface area contributed by atoms with Crippen molar-refractivity contribution in [3.05, 3.63) is 70.0 Å². The predicted octanol–water partition coefficient (Wildman–Crippen LogP) is 4.94. The molecule has 160 valence electrons. The fourth-order valence-electron chi connectivity index (χ4n) is 4.52. The molecule has 0 spiro atoms. The van der Waals surface area contributed by atoms with Crippen molar-refractivity contribution in [3.8, 4) is 6.07 Å². The van der Waals surface area contributed by atoms with E-state index in [4.69, 9.17) is 4.74 Å². The molecule has 0 bridgehead atoms. The van der Waals surface area contributed by atoms with Crippen LogP contribution in [0.2, 0.25) is 0 Å². The van der Waals surface area contributed by atoms with E-state index in [1.807, 2.05) is 49.1 Å². The highest BCUT2D eigenvalue weighted by Gasteiger charge is 2.31. The molecule has 1 atom stereocenters. The van der Waals surface area contributed by atoms with Crippen LogP contribution in [0.5, 0.6) is 0 Å². The molecule has 5 nitrogen and oxygen atoms in total. The summed E-state index contributed by atoms with van der Waals surface area (Å²) in [5.41, 5.74) is 5.84. The molecule has 2 aliphatic rings. The number of nitrogens with one attached hydrogen (secondary N) is 1. The third kappa shape index (κ3) is 4.27. The first-order valence-electron chi connectivity index (χ1n) is 10.6. The molecule has 1 aliphatic heterocycles. The summed E-state index contributed by atoms with van der Waals surface area (Å²) in [5.74, 6) is -0.378. The number of carbonyl (C=O) groups excluding carboxylic acids is 1. The first kappa shape index (κ1) is 20.9. The zero-order chi connectivity index (χ0) is 22.0. The number of halogens is 1. The number of anilines is 1. The minimum absolute atomic E-state index is 0.130. The number of piperidine rings is 1. The summed E-state index contributed by atoms with van der Waals surface area (Å²) in [5, 5.41) is 12.4. The van der Waals surface area contributed by atoms with Crippen molar-refractivity contribution in [2.24, 2.45) is 0 Å². The number of rotatable bonds is 4. The number of carbonyl (C=O) groups is 1. The second-order valence-corrected chi connectivity index (χ2v) is 8.29. The minimum atomic E-state index is -0.465. The molecule has 1 aliphatic carbocycles. The van der Waals surface area contributed by atoms with Gasteiger partial charge in [0.1, 0.15) is 12.4 Å². The first-order chi connectivity index (χ1) is 15.0. The van der Waals surface area contributed by atoms with Crippen LogP contribution in [0.1, 0.15) is 48.9 Å². The summed E-state index contributed by atoms with van der Waals surface area (Å²) in [6.07, 6.45) is 1.86. The third-order valence-electron chi connectivity index (χ3n) is 6.21. The quantitative estimate of drug-likeness (QED) is 0.762. The van der Waals surface area contributed by atoms with E-state index in [1.165, 1.54) is 6.07 Å². The molecule has 6 heteroatoms. The third-order valence-corrected chi connectivity index (χ3v) is 6.21. The van der Waals surface area contributed by atoms with Gasteiger partial charge in [0.25, 0.3) is 0 Å². The molecule has 4 rings (SSSR count). The van der Waals surface area contributed by atoms with Gasteiger partial charge in [-0.25, -0.2) is 9.18 Å². The van der Waals surface area contributed by atoms with Crippen LogP contribution in [-0.4, -0.2) is 25.2 Å². The number of fused-ring (bicyclic) bond motifs is 1. The normalized spacial score (nSPS) is 17.9. The number of hydrogen-bond donors (Lipinski definition) is 1. The van der Waals surface area contributed by atoms with Gasteiger partial charge in [0.15, 0.2) is 0 Å². The molecule has 2 aromatic rings. The van der Waals surface area contributed by atoms with Crippen LogP contribution >= 0.6 is 0 Å². The van der Waals surface area contributed by atoms with Gasteiger partial charge in [-0.2, -0.15) is 5.26 Å². The van der Waals surface area contributed by atoms with Gasteiger partial charge >= 0.3 is 6.09 Å². The van der Waals surface area contributed by atoms with Crippen LogP contribution < -0.4 is 10.2 Å². The average Bonchev–Trinajstić information content (AvgIpc) is 3.07. The molecule has 1 fully saturated rings. The zero-order valence-corrected chi connectivity index (χ0v) is 17.9. The molecule has 1 N–H and O–H groups in total. The summed E-state index contributed by atoms with van der Waals surface area (Å²) >= 11 is 0. The number of hydrogen-bond acceptors (Lipinski definition) is 4. The number of nitriles is 1. The number of alkyl carbamates (subject to hydrolysis) is 1. The number of ether oxygens (including phenoxy) is 1. The predicted molar refractivity (Wildman–Crippen MR) is 118 cm³/mol. The number of amides is 1. The van der Waals surface area contributed by atoms with Gasteiger partial charge in [0.2, 0.25) is 0 Å². The topological polar surface area (TPSA) is 65.4 Å². The van der Waals surface area contributed by atoms with E-state index >= 15 is 4.39 Å². The van der Waals surface area contributed by atoms with Gasteiger partial charge in [0.05, 0.1) is 17.3 Å². The Morgan fingerprint density at radius 1 is 1.32 bits per heavy atom. The second kappa shape index (κ2) is 8.81. The Bertz CT molecular complexity index is 1070. The highest BCUT2D eigenvalue weighted by molar-refractivity contribution is 5.86. The maximum Gasteiger partial charge on any atom is 0.407 e. The fraction of sp³-hybridized carbons (Fsp3) is 0.360. The van der Waals surface area contributed by atoms with Crippen molar-refractivity contribution in [3.63, 3.8) is 0 Å². The Morgan fingerprint density at radius 2 is 2.10 bits per heavy atom. The maximum absolute atomic E-state index is 15.1. The Balaban J connectivity index is 1.49. The summed E-state index contributed by atoms with van der Waals surface area (Å²) in [6, 6.07) is 12.9. The Labute approximate surface area is 182 Å². The van der Waals surface area contributed by atoms with E-state index < -0.39 is 6.09 Å².